The topological polar surface area (TPSA) is 102 Å². The summed E-state index contributed by atoms with van der Waals surface area (Å²) in [7, 11) is 0. The molecule has 0 spiro atoms. The molecular weight excluding hydrogens is 444 g/mol. The van der Waals surface area contributed by atoms with E-state index in [4.69, 9.17) is 9.47 Å². The lowest BCUT2D eigenvalue weighted by Crippen LogP contribution is -2.28. The van der Waals surface area contributed by atoms with Gasteiger partial charge in [-0.05, 0) is 42.2 Å². The summed E-state index contributed by atoms with van der Waals surface area (Å²) in [6.07, 6.45) is 2.08. The van der Waals surface area contributed by atoms with Gasteiger partial charge < -0.3 is 19.7 Å². The first-order chi connectivity index (χ1) is 16.0. The number of nitrogens with one attached hydrogen (secondary N) is 1. The van der Waals surface area contributed by atoms with E-state index in [2.05, 4.69) is 5.32 Å². The largest absolute Gasteiger partial charge is 0.462 e. The quantitative estimate of drug-likeness (QED) is 0.564. The van der Waals surface area contributed by atoms with Gasteiger partial charge in [-0.2, -0.15) is 0 Å². The van der Waals surface area contributed by atoms with Gasteiger partial charge in [0.15, 0.2) is 6.61 Å². The van der Waals surface area contributed by atoms with Crippen molar-refractivity contribution in [3.8, 4) is 0 Å². The van der Waals surface area contributed by atoms with Crippen molar-refractivity contribution in [1.29, 1.82) is 0 Å². The minimum Gasteiger partial charge on any atom is -0.462 e. The Hall–Kier alpha value is -3.20. The molecule has 1 aromatic heterocycles. The Balaban J connectivity index is 1.30. The maximum Gasteiger partial charge on any atom is 0.341 e. The van der Waals surface area contributed by atoms with Crippen LogP contribution in [0.1, 0.15) is 53.6 Å². The maximum atomic E-state index is 12.5. The number of amides is 2. The van der Waals surface area contributed by atoms with E-state index in [1.54, 1.807) is 11.8 Å². The van der Waals surface area contributed by atoms with Gasteiger partial charge in [0.1, 0.15) is 5.00 Å². The van der Waals surface area contributed by atoms with Gasteiger partial charge in [0.25, 0.3) is 5.91 Å². The second-order valence-corrected chi connectivity index (χ2v) is 9.09. The van der Waals surface area contributed by atoms with Crippen molar-refractivity contribution >= 4 is 40.1 Å². The number of rotatable bonds is 9. The summed E-state index contributed by atoms with van der Waals surface area (Å²) in [5, 5.41) is 4.95. The van der Waals surface area contributed by atoms with Gasteiger partial charge in [-0.1, -0.05) is 30.3 Å². The number of nitrogens with zero attached hydrogens (tertiary/aromatic N) is 1. The van der Waals surface area contributed by atoms with E-state index in [1.165, 1.54) is 11.3 Å². The first-order valence-electron chi connectivity index (χ1n) is 11.0. The summed E-state index contributed by atoms with van der Waals surface area (Å²) >= 11 is 1.26. The number of thiophene rings is 1. The van der Waals surface area contributed by atoms with E-state index < -0.39 is 30.4 Å². The fourth-order valence-corrected chi connectivity index (χ4v) is 4.92. The zero-order valence-electron chi connectivity index (χ0n) is 18.4. The van der Waals surface area contributed by atoms with Crippen LogP contribution in [0.3, 0.4) is 0 Å². The van der Waals surface area contributed by atoms with Crippen molar-refractivity contribution in [2.24, 2.45) is 5.92 Å². The summed E-state index contributed by atoms with van der Waals surface area (Å²) in [6.45, 7) is 2.18. The van der Waals surface area contributed by atoms with Crippen LogP contribution in [0, 0.1) is 5.92 Å². The molecule has 0 bridgehead atoms. The van der Waals surface area contributed by atoms with Gasteiger partial charge in [0.05, 0.1) is 18.1 Å². The molecule has 1 saturated carbocycles. The summed E-state index contributed by atoms with van der Waals surface area (Å²) in [6, 6.07) is 9.54. The molecule has 1 atom stereocenters. The lowest BCUT2D eigenvalue weighted by atomic mass is 10.1. The van der Waals surface area contributed by atoms with Crippen molar-refractivity contribution in [3.05, 3.63) is 52.4 Å². The van der Waals surface area contributed by atoms with Gasteiger partial charge in [0.2, 0.25) is 5.91 Å². The Morgan fingerprint density at radius 3 is 2.61 bits per heavy atom. The number of benzene rings is 1. The number of hydrogen-bond acceptors (Lipinski definition) is 7. The zero-order chi connectivity index (χ0) is 23.4. The van der Waals surface area contributed by atoms with E-state index in [-0.39, 0.29) is 25.5 Å². The van der Waals surface area contributed by atoms with Gasteiger partial charge in [0, 0.05) is 19.5 Å². The standard InChI is InChI=1S/C24H26N2O6S/c1-2-31-24(30)21-18(16-8-9-16)14-33-22(21)25-19(27)13-32-23(29)17-10-20(28)26(12-17)11-15-6-4-3-5-7-15/h3-7,14,16-17H,2,8-13H2,1H3,(H,25,27). The van der Waals surface area contributed by atoms with Crippen LogP contribution in [0.15, 0.2) is 35.7 Å². The maximum absolute atomic E-state index is 12.5. The van der Waals surface area contributed by atoms with Crippen LogP contribution < -0.4 is 5.32 Å². The van der Waals surface area contributed by atoms with E-state index in [9.17, 15) is 19.2 Å². The molecule has 2 aromatic rings. The third kappa shape index (κ3) is 5.60. The molecule has 1 aliphatic heterocycles. The van der Waals surface area contributed by atoms with Gasteiger partial charge >= 0.3 is 11.9 Å². The van der Waals surface area contributed by atoms with Crippen molar-refractivity contribution in [2.75, 3.05) is 25.1 Å². The van der Waals surface area contributed by atoms with Crippen LogP contribution >= 0.6 is 11.3 Å². The number of carbonyl (C=O) groups excluding carboxylic acids is 4. The molecule has 2 aliphatic rings. The van der Waals surface area contributed by atoms with Crippen molar-refractivity contribution in [3.63, 3.8) is 0 Å². The van der Waals surface area contributed by atoms with Gasteiger partial charge in [-0.25, -0.2) is 4.79 Å². The van der Waals surface area contributed by atoms with E-state index >= 15 is 0 Å². The molecular formula is C24H26N2O6S. The van der Waals surface area contributed by atoms with E-state index in [1.807, 2.05) is 35.7 Å². The fraction of sp³-hybridized carbons (Fsp3) is 0.417. The lowest BCUT2D eigenvalue weighted by Gasteiger charge is -2.16. The normalized spacial score (nSPS) is 17.7. The molecule has 1 saturated heterocycles. The van der Waals surface area contributed by atoms with Crippen LogP contribution in [0.25, 0.3) is 0 Å². The van der Waals surface area contributed by atoms with Crippen LogP contribution in [0.5, 0.6) is 0 Å². The van der Waals surface area contributed by atoms with E-state index in [0.29, 0.717) is 23.0 Å². The minimum absolute atomic E-state index is 0.0654. The molecule has 2 heterocycles. The van der Waals surface area contributed by atoms with Crippen LogP contribution in [-0.2, 0) is 30.4 Å². The second kappa shape index (κ2) is 10.2. The smallest absolute Gasteiger partial charge is 0.341 e. The van der Waals surface area contributed by atoms with Gasteiger partial charge in [-0.3, -0.25) is 14.4 Å². The average molecular weight is 471 g/mol. The summed E-state index contributed by atoms with van der Waals surface area (Å²) in [5.74, 6) is -1.98. The van der Waals surface area contributed by atoms with Crippen LogP contribution in [0.4, 0.5) is 5.00 Å². The zero-order valence-corrected chi connectivity index (χ0v) is 19.2. The molecule has 0 radical (unpaired) electrons. The number of ether oxygens (including phenoxy) is 2. The minimum atomic E-state index is -0.604. The van der Waals surface area contributed by atoms with Gasteiger partial charge in [-0.15, -0.1) is 11.3 Å². The molecule has 33 heavy (non-hydrogen) atoms. The summed E-state index contributed by atoms with van der Waals surface area (Å²) in [5.41, 5.74) is 2.27. The van der Waals surface area contributed by atoms with Crippen LogP contribution in [-0.4, -0.2) is 48.4 Å². The summed E-state index contributed by atoms with van der Waals surface area (Å²) < 4.78 is 10.3. The first kappa shape index (κ1) is 23.0. The highest BCUT2D eigenvalue weighted by Gasteiger charge is 2.36. The van der Waals surface area contributed by atoms with Crippen molar-refractivity contribution in [2.45, 2.75) is 38.6 Å². The van der Waals surface area contributed by atoms with Crippen molar-refractivity contribution in [1.82, 2.24) is 4.90 Å². The number of likely N-dealkylation sites (tertiary alicyclic amines) is 1. The molecule has 8 nitrogen and oxygen atoms in total. The second-order valence-electron chi connectivity index (χ2n) is 8.21. The number of carbonyl (C=O) groups is 4. The Morgan fingerprint density at radius 1 is 1.15 bits per heavy atom. The van der Waals surface area contributed by atoms with Crippen molar-refractivity contribution < 1.29 is 28.7 Å². The molecule has 2 amide bonds. The lowest BCUT2D eigenvalue weighted by molar-refractivity contribution is -0.151. The Kier molecular flexibility index (Phi) is 7.08. The Labute approximate surface area is 195 Å². The summed E-state index contributed by atoms with van der Waals surface area (Å²) in [4.78, 5) is 51.2. The molecule has 2 fully saturated rings. The number of esters is 2. The predicted octanol–water partition coefficient (Wildman–Crippen LogP) is 3.33. The highest BCUT2D eigenvalue weighted by molar-refractivity contribution is 7.15. The average Bonchev–Trinajstić information content (AvgIpc) is 3.47. The molecule has 4 rings (SSSR count). The van der Waals surface area contributed by atoms with Crippen LogP contribution in [0.2, 0.25) is 0 Å². The SMILES string of the molecule is CCOC(=O)c1c(C2CC2)csc1NC(=O)COC(=O)C1CC(=O)N(Cc2ccccc2)C1. The molecule has 1 N–H and O–H groups in total. The van der Waals surface area contributed by atoms with E-state index in [0.717, 1.165) is 24.0 Å². The Morgan fingerprint density at radius 2 is 1.91 bits per heavy atom. The fourth-order valence-electron chi connectivity index (χ4n) is 3.88. The predicted molar refractivity (Wildman–Crippen MR) is 122 cm³/mol. The molecule has 9 heteroatoms. The molecule has 174 valence electrons. The number of hydrogen-bond donors (Lipinski definition) is 1. The third-order valence-electron chi connectivity index (χ3n) is 5.68. The highest BCUT2D eigenvalue weighted by atomic mass is 32.1. The molecule has 1 aliphatic carbocycles. The monoisotopic (exact) mass is 470 g/mol. The Bertz CT molecular complexity index is 1050. The molecule has 1 aromatic carbocycles. The first-order valence-corrected chi connectivity index (χ1v) is 11.9. The molecule has 1 unspecified atom stereocenters. The third-order valence-corrected chi connectivity index (χ3v) is 6.59. The number of anilines is 1. The highest BCUT2D eigenvalue weighted by Crippen LogP contribution is 2.46.